The number of alkyl halides is 3. The summed E-state index contributed by atoms with van der Waals surface area (Å²) in [5.74, 6) is -3.06. The first-order chi connectivity index (χ1) is 11.6. The molecule has 0 radical (unpaired) electrons. The van der Waals surface area contributed by atoms with E-state index >= 15 is 0 Å². The first-order valence-electron chi connectivity index (χ1n) is 6.70. The lowest BCUT2D eigenvalue weighted by molar-refractivity contribution is -0.139. The molecule has 11 heteroatoms. The fourth-order valence-corrected chi connectivity index (χ4v) is 2.11. The van der Waals surface area contributed by atoms with Crippen molar-refractivity contribution in [2.75, 3.05) is 19.0 Å². The predicted octanol–water partition coefficient (Wildman–Crippen LogP) is 3.58. The number of benzene rings is 1. The second-order valence-corrected chi connectivity index (χ2v) is 5.12. The fraction of sp³-hybridized carbons (Fsp3) is 0.286. The maximum Gasteiger partial charge on any atom is 0.416 e. The lowest BCUT2D eigenvalue weighted by Crippen LogP contribution is -2.18. The molecular weight excluding hydrogens is 373 g/mol. The number of aliphatic hydroxyl groups excluding tert-OH is 1. The van der Waals surface area contributed by atoms with Crippen molar-refractivity contribution in [3.05, 3.63) is 46.4 Å². The van der Waals surface area contributed by atoms with Crippen LogP contribution in [0.15, 0.2) is 18.3 Å². The van der Waals surface area contributed by atoms with E-state index < -0.39 is 41.6 Å². The maximum atomic E-state index is 13.3. The van der Waals surface area contributed by atoms with Crippen molar-refractivity contribution in [3.63, 3.8) is 0 Å². The third kappa shape index (κ3) is 4.45. The third-order valence-corrected chi connectivity index (χ3v) is 3.30. The topological polar surface area (TPSA) is 67.3 Å². The number of anilines is 1. The molecule has 0 aliphatic carbocycles. The molecular formula is C14H11ClF5N3O2. The van der Waals surface area contributed by atoms with Crippen LogP contribution in [0, 0.1) is 11.6 Å². The van der Waals surface area contributed by atoms with Crippen LogP contribution in [0.25, 0.3) is 0 Å². The van der Waals surface area contributed by atoms with Crippen LogP contribution in [0.5, 0.6) is 5.75 Å². The van der Waals surface area contributed by atoms with Gasteiger partial charge >= 0.3 is 6.18 Å². The minimum absolute atomic E-state index is 0.00194. The van der Waals surface area contributed by atoms with Gasteiger partial charge in [0.25, 0.3) is 0 Å². The van der Waals surface area contributed by atoms with E-state index in [-0.39, 0.29) is 29.0 Å². The number of rotatable bonds is 5. The van der Waals surface area contributed by atoms with E-state index in [0.717, 1.165) is 6.20 Å². The molecule has 25 heavy (non-hydrogen) atoms. The minimum atomic E-state index is -4.98. The second-order valence-electron chi connectivity index (χ2n) is 4.78. The van der Waals surface area contributed by atoms with Crippen molar-refractivity contribution in [2.24, 2.45) is 0 Å². The molecule has 2 rings (SSSR count). The van der Waals surface area contributed by atoms with Crippen molar-refractivity contribution in [1.82, 2.24) is 9.97 Å². The average molecular weight is 384 g/mol. The summed E-state index contributed by atoms with van der Waals surface area (Å²) in [5, 5.41) is 12.5. The normalized spacial score (nSPS) is 12.8. The van der Waals surface area contributed by atoms with Gasteiger partial charge in [0.05, 0.1) is 11.8 Å². The Morgan fingerprint density at radius 1 is 1.28 bits per heavy atom. The zero-order chi connectivity index (χ0) is 18.8. The zero-order valence-corrected chi connectivity index (χ0v) is 13.3. The SMILES string of the molecule is CNc1nc(Cl)ncc1OCC(O)c1cc(F)c(F)cc1C(F)(F)F. The van der Waals surface area contributed by atoms with Crippen molar-refractivity contribution in [2.45, 2.75) is 12.3 Å². The molecule has 5 nitrogen and oxygen atoms in total. The molecule has 136 valence electrons. The maximum absolute atomic E-state index is 13.3. The molecule has 0 fully saturated rings. The number of aliphatic hydroxyl groups is 1. The molecule has 1 unspecified atom stereocenters. The summed E-state index contributed by atoms with van der Waals surface area (Å²) in [7, 11) is 1.49. The quantitative estimate of drug-likeness (QED) is 0.610. The van der Waals surface area contributed by atoms with Gasteiger partial charge in [-0.3, -0.25) is 0 Å². The smallest absolute Gasteiger partial charge is 0.416 e. The van der Waals surface area contributed by atoms with Gasteiger partial charge in [-0.15, -0.1) is 0 Å². The Morgan fingerprint density at radius 3 is 2.52 bits per heavy atom. The van der Waals surface area contributed by atoms with E-state index in [4.69, 9.17) is 16.3 Å². The van der Waals surface area contributed by atoms with Crippen LogP contribution in [0.1, 0.15) is 17.2 Å². The molecule has 0 saturated carbocycles. The molecule has 0 aliphatic rings. The number of ether oxygens (including phenoxy) is 1. The molecule has 0 spiro atoms. The Labute approximate surface area is 143 Å². The van der Waals surface area contributed by atoms with Crippen LogP contribution in [-0.4, -0.2) is 28.7 Å². The van der Waals surface area contributed by atoms with Crippen molar-refractivity contribution in [1.29, 1.82) is 0 Å². The van der Waals surface area contributed by atoms with Gasteiger partial charge in [-0.25, -0.2) is 13.8 Å². The number of nitrogens with zero attached hydrogens (tertiary/aromatic N) is 2. The van der Waals surface area contributed by atoms with E-state index in [1.54, 1.807) is 0 Å². The van der Waals surface area contributed by atoms with E-state index in [9.17, 15) is 27.1 Å². The van der Waals surface area contributed by atoms with Gasteiger partial charge in [0.2, 0.25) is 5.28 Å². The molecule has 1 atom stereocenters. The molecule has 0 amide bonds. The highest BCUT2D eigenvalue weighted by molar-refractivity contribution is 6.28. The van der Waals surface area contributed by atoms with Gasteiger partial charge in [0, 0.05) is 7.05 Å². The first-order valence-corrected chi connectivity index (χ1v) is 7.08. The Morgan fingerprint density at radius 2 is 1.92 bits per heavy atom. The predicted molar refractivity (Wildman–Crippen MR) is 78.4 cm³/mol. The van der Waals surface area contributed by atoms with Gasteiger partial charge in [-0.2, -0.15) is 18.2 Å². The molecule has 2 aromatic rings. The summed E-state index contributed by atoms with van der Waals surface area (Å²) in [5.41, 5.74) is -2.35. The molecule has 0 aliphatic heterocycles. The lowest BCUT2D eigenvalue weighted by atomic mass is 10.0. The zero-order valence-electron chi connectivity index (χ0n) is 12.5. The fourth-order valence-electron chi connectivity index (χ4n) is 1.98. The van der Waals surface area contributed by atoms with Gasteiger partial charge in [-0.1, -0.05) is 0 Å². The van der Waals surface area contributed by atoms with Crippen LogP contribution < -0.4 is 10.1 Å². The highest BCUT2D eigenvalue weighted by Crippen LogP contribution is 2.36. The molecule has 0 saturated heterocycles. The van der Waals surface area contributed by atoms with E-state index in [1.807, 2.05) is 0 Å². The van der Waals surface area contributed by atoms with Crippen molar-refractivity contribution >= 4 is 17.4 Å². The molecule has 2 N–H and O–H groups in total. The Kier molecular flexibility index (Phi) is 5.63. The Bertz CT molecular complexity index is 773. The van der Waals surface area contributed by atoms with Crippen LogP contribution in [0.4, 0.5) is 27.8 Å². The summed E-state index contributed by atoms with van der Waals surface area (Å²) in [6, 6.07) is 0.266. The van der Waals surface area contributed by atoms with Crippen LogP contribution in [0.3, 0.4) is 0 Å². The number of hydrogen-bond donors (Lipinski definition) is 2. The van der Waals surface area contributed by atoms with Gasteiger partial charge < -0.3 is 15.2 Å². The van der Waals surface area contributed by atoms with E-state index in [2.05, 4.69) is 15.3 Å². The number of aromatic nitrogens is 2. The van der Waals surface area contributed by atoms with Gasteiger partial charge in [0.15, 0.2) is 23.2 Å². The monoisotopic (exact) mass is 383 g/mol. The molecule has 1 aromatic carbocycles. The highest BCUT2D eigenvalue weighted by atomic mass is 35.5. The van der Waals surface area contributed by atoms with Crippen molar-refractivity contribution < 1.29 is 31.8 Å². The summed E-state index contributed by atoms with van der Waals surface area (Å²) in [6.45, 7) is -0.687. The lowest BCUT2D eigenvalue weighted by Gasteiger charge is -2.19. The standard InChI is InChI=1S/C14H11ClF5N3O2/c1-21-12-11(4-22-13(15)23-12)25-5-10(24)6-2-8(16)9(17)3-7(6)14(18,19)20/h2-4,10,24H,5H2,1H3,(H,21,22,23). The molecule has 1 heterocycles. The summed E-state index contributed by atoms with van der Waals surface area (Å²) >= 11 is 5.59. The minimum Gasteiger partial charge on any atom is -0.485 e. The van der Waals surface area contributed by atoms with Crippen molar-refractivity contribution in [3.8, 4) is 5.75 Å². The summed E-state index contributed by atoms with van der Waals surface area (Å²) in [6.07, 6.45) is -5.72. The molecule has 0 bridgehead atoms. The third-order valence-electron chi connectivity index (χ3n) is 3.12. The number of halogens is 6. The van der Waals surface area contributed by atoms with Crippen LogP contribution in [-0.2, 0) is 6.18 Å². The largest absolute Gasteiger partial charge is 0.485 e. The summed E-state index contributed by atoms with van der Waals surface area (Å²) in [4.78, 5) is 7.41. The Hall–Kier alpha value is -2.20. The first kappa shape index (κ1) is 19.1. The number of nitrogens with one attached hydrogen (secondary N) is 1. The van der Waals surface area contributed by atoms with E-state index in [1.165, 1.54) is 7.05 Å². The summed E-state index contributed by atoms with van der Waals surface area (Å²) < 4.78 is 70.5. The second kappa shape index (κ2) is 7.36. The molecule has 1 aromatic heterocycles. The Balaban J connectivity index is 2.27. The average Bonchev–Trinajstić information content (AvgIpc) is 2.54. The highest BCUT2D eigenvalue weighted by Gasteiger charge is 2.36. The van der Waals surface area contributed by atoms with E-state index in [0.29, 0.717) is 0 Å². The van der Waals surface area contributed by atoms with Crippen LogP contribution >= 0.6 is 11.6 Å². The number of hydrogen-bond acceptors (Lipinski definition) is 5. The van der Waals surface area contributed by atoms with Gasteiger partial charge in [0.1, 0.15) is 12.7 Å². The van der Waals surface area contributed by atoms with Crippen LogP contribution in [0.2, 0.25) is 5.28 Å². The van der Waals surface area contributed by atoms with Gasteiger partial charge in [-0.05, 0) is 29.3 Å².